The Balaban J connectivity index is 2.55. The first kappa shape index (κ1) is 11.0. The smallest absolute Gasteiger partial charge is 0.293 e. The monoisotopic (exact) mass is 261 g/mol. The molecule has 0 aliphatic rings. The molecule has 0 saturated heterocycles. The van der Waals surface area contributed by atoms with Gasteiger partial charge in [0.05, 0.1) is 6.20 Å². The maximum absolute atomic E-state index is 11.4. The van der Waals surface area contributed by atoms with Crippen molar-refractivity contribution >= 4 is 21.5 Å². The van der Waals surface area contributed by atoms with E-state index in [0.29, 0.717) is 17.0 Å². The molecule has 0 aliphatic carbocycles. The molecule has 86 valence electrons. The van der Waals surface area contributed by atoms with Gasteiger partial charge in [0, 0.05) is 11.8 Å². The molecule has 16 heavy (non-hydrogen) atoms. The number of H-pyrrole nitrogens is 1. The quantitative estimate of drug-likeness (QED) is 0.750. The van der Waals surface area contributed by atoms with Gasteiger partial charge in [0.15, 0.2) is 4.21 Å². The first-order valence-electron chi connectivity index (χ1n) is 4.10. The Bertz CT molecular complexity index is 679. The molecule has 7 nitrogen and oxygen atoms in total. The number of aromatic amines is 1. The topological polar surface area (TPSA) is 105 Å². The Morgan fingerprint density at radius 3 is 2.69 bits per heavy atom. The van der Waals surface area contributed by atoms with Crippen molar-refractivity contribution in [3.8, 4) is 5.13 Å². The Morgan fingerprint density at radius 1 is 1.56 bits per heavy atom. The van der Waals surface area contributed by atoms with Crippen LogP contribution in [0.25, 0.3) is 5.13 Å². The van der Waals surface area contributed by atoms with Crippen molar-refractivity contribution in [2.75, 3.05) is 0 Å². The highest BCUT2D eigenvalue weighted by molar-refractivity contribution is 7.88. The highest BCUT2D eigenvalue weighted by Crippen LogP contribution is 2.19. The van der Waals surface area contributed by atoms with Gasteiger partial charge in [-0.3, -0.25) is 14.4 Å². The van der Waals surface area contributed by atoms with Crippen LogP contribution >= 0.6 is 11.3 Å². The van der Waals surface area contributed by atoms with Crippen LogP contribution in [0.4, 0.5) is 0 Å². The molecule has 0 saturated carbocycles. The summed E-state index contributed by atoms with van der Waals surface area (Å²) in [4.78, 5) is 15.1. The Kier molecular flexibility index (Phi) is 2.45. The molecular weight excluding hydrogens is 254 g/mol. The van der Waals surface area contributed by atoms with E-state index in [2.05, 4.69) is 10.1 Å². The molecule has 2 N–H and O–H groups in total. The molecule has 0 amide bonds. The van der Waals surface area contributed by atoms with Crippen LogP contribution in [0.3, 0.4) is 0 Å². The third-order valence-corrected chi connectivity index (χ3v) is 4.04. The normalized spacial score (nSPS) is 11.9. The minimum absolute atomic E-state index is 0.158. The van der Waals surface area contributed by atoms with Crippen molar-refractivity contribution in [3.63, 3.8) is 0 Å². The lowest BCUT2D eigenvalue weighted by Gasteiger charge is -1.93. The van der Waals surface area contributed by atoms with Crippen LogP contribution in [0.2, 0.25) is 0 Å². The van der Waals surface area contributed by atoms with E-state index in [-0.39, 0.29) is 14.9 Å². The van der Waals surface area contributed by atoms with Gasteiger partial charge in [-0.1, -0.05) is 11.3 Å². The van der Waals surface area contributed by atoms with Crippen molar-refractivity contribution in [2.24, 2.45) is 0 Å². The zero-order chi connectivity index (χ0) is 11.9. The summed E-state index contributed by atoms with van der Waals surface area (Å²) in [5.74, 6) is 0. The second-order valence-electron chi connectivity index (χ2n) is 3.05. The van der Waals surface area contributed by atoms with Crippen molar-refractivity contribution in [1.82, 2.24) is 14.8 Å². The van der Waals surface area contributed by atoms with Crippen molar-refractivity contribution in [3.05, 3.63) is 28.3 Å². The number of thiazole rings is 1. The number of rotatable bonds is 2. The molecule has 0 fully saturated rings. The first-order valence-corrected chi connectivity index (χ1v) is 6.36. The van der Waals surface area contributed by atoms with Gasteiger partial charge in [0.25, 0.3) is 5.56 Å². The molecule has 0 aliphatic heterocycles. The molecule has 2 aromatic rings. The van der Waals surface area contributed by atoms with E-state index in [9.17, 15) is 13.2 Å². The zero-order valence-electron chi connectivity index (χ0n) is 8.04. The minimum Gasteiger partial charge on any atom is -0.293 e. The van der Waals surface area contributed by atoms with E-state index in [1.54, 1.807) is 6.92 Å². The molecule has 0 atom stereocenters. The van der Waals surface area contributed by atoms with E-state index in [4.69, 9.17) is 4.55 Å². The van der Waals surface area contributed by atoms with Gasteiger partial charge in [-0.25, -0.2) is 4.98 Å². The van der Waals surface area contributed by atoms with E-state index < -0.39 is 10.1 Å². The van der Waals surface area contributed by atoms with Crippen molar-refractivity contribution < 1.29 is 13.0 Å². The van der Waals surface area contributed by atoms with Gasteiger partial charge in [-0.2, -0.15) is 13.1 Å². The largest absolute Gasteiger partial charge is 0.305 e. The second-order valence-corrected chi connectivity index (χ2v) is 5.71. The Labute approximate surface area is 94.1 Å². The van der Waals surface area contributed by atoms with Gasteiger partial charge >= 0.3 is 10.1 Å². The van der Waals surface area contributed by atoms with Crippen molar-refractivity contribution in [2.45, 2.75) is 11.1 Å². The Hall–Kier alpha value is -1.45. The molecular formula is C7H7N3O4S2. The van der Waals surface area contributed by atoms with Crippen LogP contribution in [0.5, 0.6) is 0 Å². The molecule has 0 radical (unpaired) electrons. The second kappa shape index (κ2) is 3.54. The standard InChI is InChI=1S/C7H7N3O4S2/c1-4-2-5(11)10(9-4)7-8-3-6(15-7)16(12,13)14/h2-3,9H,1H3,(H,12,13,14). The summed E-state index contributed by atoms with van der Waals surface area (Å²) in [6.07, 6.45) is 0.998. The third-order valence-electron chi connectivity index (χ3n) is 1.77. The van der Waals surface area contributed by atoms with Crippen LogP contribution in [0.15, 0.2) is 21.3 Å². The maximum atomic E-state index is 11.4. The Morgan fingerprint density at radius 2 is 2.25 bits per heavy atom. The summed E-state index contributed by atoms with van der Waals surface area (Å²) in [5.41, 5.74) is 0.294. The average molecular weight is 261 g/mol. The number of nitrogens with one attached hydrogen (secondary N) is 1. The molecule has 0 spiro atoms. The fourth-order valence-corrected chi connectivity index (χ4v) is 2.58. The van der Waals surface area contributed by atoms with Gasteiger partial charge in [-0.05, 0) is 6.92 Å². The van der Waals surface area contributed by atoms with E-state index in [1.165, 1.54) is 6.07 Å². The maximum Gasteiger partial charge on any atom is 0.305 e. The average Bonchev–Trinajstić information content (AvgIpc) is 2.70. The van der Waals surface area contributed by atoms with Gasteiger partial charge in [0.1, 0.15) is 0 Å². The van der Waals surface area contributed by atoms with Gasteiger partial charge < -0.3 is 0 Å². The molecule has 2 rings (SSSR count). The minimum atomic E-state index is -4.27. The van der Waals surface area contributed by atoms with Crippen LogP contribution in [0, 0.1) is 6.92 Å². The van der Waals surface area contributed by atoms with Gasteiger partial charge in [-0.15, -0.1) is 0 Å². The zero-order valence-corrected chi connectivity index (χ0v) is 9.67. The van der Waals surface area contributed by atoms with Crippen molar-refractivity contribution in [1.29, 1.82) is 0 Å². The van der Waals surface area contributed by atoms with Crippen LogP contribution in [0.1, 0.15) is 5.69 Å². The molecule has 9 heteroatoms. The molecule has 0 unspecified atom stereocenters. The number of hydrogen-bond donors (Lipinski definition) is 2. The third kappa shape index (κ3) is 1.92. The highest BCUT2D eigenvalue weighted by atomic mass is 32.3. The summed E-state index contributed by atoms with van der Waals surface area (Å²) >= 11 is 0.703. The number of nitrogens with zero attached hydrogens (tertiary/aromatic N) is 2. The lowest BCUT2D eigenvalue weighted by molar-refractivity contribution is 0.485. The fourth-order valence-electron chi connectivity index (χ4n) is 1.13. The first-order chi connectivity index (χ1) is 7.38. The van der Waals surface area contributed by atoms with E-state index in [0.717, 1.165) is 10.9 Å². The molecule has 0 aromatic carbocycles. The predicted molar refractivity (Wildman–Crippen MR) is 56.6 cm³/mol. The van der Waals surface area contributed by atoms with Crippen LogP contribution in [-0.2, 0) is 10.1 Å². The van der Waals surface area contributed by atoms with Crippen LogP contribution < -0.4 is 5.56 Å². The van der Waals surface area contributed by atoms with E-state index in [1.807, 2.05) is 0 Å². The number of hydrogen-bond acceptors (Lipinski definition) is 5. The lowest BCUT2D eigenvalue weighted by Crippen LogP contribution is -2.12. The summed E-state index contributed by atoms with van der Waals surface area (Å²) < 4.78 is 31.2. The summed E-state index contributed by atoms with van der Waals surface area (Å²) in [6.45, 7) is 1.69. The molecule has 2 heterocycles. The summed E-state index contributed by atoms with van der Waals surface area (Å²) in [5, 5.41) is 2.86. The summed E-state index contributed by atoms with van der Waals surface area (Å²) in [6, 6.07) is 1.36. The SMILES string of the molecule is Cc1cc(=O)n(-c2ncc(S(=O)(=O)O)s2)[nH]1. The van der Waals surface area contributed by atoms with E-state index >= 15 is 0 Å². The summed E-state index contributed by atoms with van der Waals surface area (Å²) in [7, 11) is -4.27. The fraction of sp³-hybridized carbons (Fsp3) is 0.143. The van der Waals surface area contributed by atoms with Crippen LogP contribution in [-0.4, -0.2) is 27.7 Å². The predicted octanol–water partition coefficient (Wildman–Crippen LogP) is 0.177. The number of aryl methyl sites for hydroxylation is 1. The molecule has 2 aromatic heterocycles. The molecule has 0 bridgehead atoms. The number of aromatic nitrogens is 3. The van der Waals surface area contributed by atoms with Gasteiger partial charge in [0.2, 0.25) is 5.13 Å². The highest BCUT2D eigenvalue weighted by Gasteiger charge is 2.16. The lowest BCUT2D eigenvalue weighted by atomic mass is 10.5.